The van der Waals surface area contributed by atoms with Crippen molar-refractivity contribution in [3.05, 3.63) is 0 Å². The van der Waals surface area contributed by atoms with Gasteiger partial charge in [0.1, 0.15) is 0 Å². The predicted molar refractivity (Wildman–Crippen MR) is 88.8 cm³/mol. The number of rotatable bonds is 6. The number of thioether (sulfide) groups is 1. The minimum absolute atomic E-state index is 0.199. The van der Waals surface area contributed by atoms with Crippen molar-refractivity contribution in [2.45, 2.75) is 49.7 Å². The van der Waals surface area contributed by atoms with Crippen LogP contribution in [-0.4, -0.2) is 50.3 Å². The summed E-state index contributed by atoms with van der Waals surface area (Å²) in [6.45, 7) is 3.16. The second-order valence-corrected chi connectivity index (χ2v) is 7.87. The molecule has 0 aromatic rings. The van der Waals surface area contributed by atoms with Crippen molar-refractivity contribution in [2.24, 2.45) is 5.41 Å². The first-order chi connectivity index (χ1) is 10.2. The number of ether oxygens (including phenoxy) is 1. The van der Waals surface area contributed by atoms with Gasteiger partial charge in [0.05, 0.1) is 12.0 Å². The van der Waals surface area contributed by atoms with E-state index in [1.165, 1.54) is 32.1 Å². The fraction of sp³-hybridized carbons (Fsp3) is 0.938. The topological polar surface area (TPSA) is 50.4 Å². The highest BCUT2D eigenvalue weighted by molar-refractivity contribution is 8.00. The number of hydrogen-bond acceptors (Lipinski definition) is 4. The average Bonchev–Trinajstić information content (AvgIpc) is 2.54. The lowest BCUT2D eigenvalue weighted by molar-refractivity contribution is -0.136. The van der Waals surface area contributed by atoms with Gasteiger partial charge >= 0.3 is 0 Å². The third-order valence-electron chi connectivity index (χ3n) is 5.23. The molecule has 0 bridgehead atoms. The third kappa shape index (κ3) is 4.14. The van der Waals surface area contributed by atoms with Crippen LogP contribution < -0.4 is 10.6 Å². The summed E-state index contributed by atoms with van der Waals surface area (Å²) in [5.41, 5.74) is -0.325. The highest BCUT2D eigenvalue weighted by atomic mass is 32.2. The number of nitrogens with one attached hydrogen (secondary N) is 2. The molecule has 0 atom stereocenters. The van der Waals surface area contributed by atoms with E-state index in [4.69, 9.17) is 4.74 Å². The zero-order chi connectivity index (χ0) is 15.2. The number of methoxy groups -OCH3 is 1. The monoisotopic (exact) mass is 314 g/mol. The Balaban J connectivity index is 1.94. The summed E-state index contributed by atoms with van der Waals surface area (Å²) in [6.07, 6.45) is 10.3. The maximum atomic E-state index is 12.8. The molecule has 2 fully saturated rings. The van der Waals surface area contributed by atoms with Gasteiger partial charge in [0.15, 0.2) is 0 Å². The van der Waals surface area contributed by atoms with Gasteiger partial charge < -0.3 is 15.4 Å². The van der Waals surface area contributed by atoms with Gasteiger partial charge in [-0.1, -0.05) is 19.3 Å². The van der Waals surface area contributed by atoms with Crippen LogP contribution in [-0.2, 0) is 9.53 Å². The summed E-state index contributed by atoms with van der Waals surface area (Å²) >= 11 is 1.94. The van der Waals surface area contributed by atoms with Crippen LogP contribution >= 0.6 is 11.8 Å². The van der Waals surface area contributed by atoms with Crippen molar-refractivity contribution in [1.82, 2.24) is 10.6 Å². The van der Waals surface area contributed by atoms with Crippen LogP contribution in [0.4, 0.5) is 0 Å². The summed E-state index contributed by atoms with van der Waals surface area (Å²) in [7, 11) is 1.70. The van der Waals surface area contributed by atoms with E-state index in [9.17, 15) is 4.79 Å². The molecule has 21 heavy (non-hydrogen) atoms. The lowest BCUT2D eigenvalue weighted by Gasteiger charge is -2.39. The second kappa shape index (κ2) is 7.84. The van der Waals surface area contributed by atoms with Gasteiger partial charge in [-0.15, -0.1) is 0 Å². The highest BCUT2D eigenvalue weighted by Gasteiger charge is 2.41. The molecule has 5 heteroatoms. The molecule has 122 valence electrons. The molecule has 2 N–H and O–H groups in total. The first-order valence-electron chi connectivity index (χ1n) is 8.20. The average molecular weight is 314 g/mol. The fourth-order valence-corrected chi connectivity index (χ4v) is 4.61. The van der Waals surface area contributed by atoms with Gasteiger partial charge in [-0.25, -0.2) is 0 Å². The van der Waals surface area contributed by atoms with Gasteiger partial charge in [0, 0.05) is 18.4 Å². The number of amides is 1. The molecular weight excluding hydrogens is 284 g/mol. The minimum Gasteiger partial charge on any atom is -0.384 e. The Morgan fingerprint density at radius 1 is 1.19 bits per heavy atom. The van der Waals surface area contributed by atoms with Crippen molar-refractivity contribution >= 4 is 17.7 Å². The fourth-order valence-electron chi connectivity index (χ4n) is 3.70. The van der Waals surface area contributed by atoms with E-state index in [0.29, 0.717) is 6.61 Å². The lowest BCUT2D eigenvalue weighted by atomic mass is 9.78. The molecule has 1 saturated heterocycles. The van der Waals surface area contributed by atoms with Crippen LogP contribution in [0.3, 0.4) is 0 Å². The number of hydrogen-bond donors (Lipinski definition) is 2. The molecule has 0 unspecified atom stereocenters. The summed E-state index contributed by atoms with van der Waals surface area (Å²) in [4.78, 5) is 12.8. The molecule has 1 aliphatic heterocycles. The third-order valence-corrected chi connectivity index (χ3v) is 6.65. The zero-order valence-corrected chi connectivity index (χ0v) is 14.3. The van der Waals surface area contributed by atoms with Gasteiger partial charge in [-0.05, 0) is 45.0 Å². The molecule has 0 spiro atoms. The molecule has 1 amide bonds. The van der Waals surface area contributed by atoms with E-state index in [2.05, 4.69) is 16.9 Å². The Morgan fingerprint density at radius 2 is 1.86 bits per heavy atom. The Hall–Kier alpha value is -0.260. The number of carbonyl (C=O) groups excluding carboxylic acids is 1. The molecule has 2 aliphatic rings. The Bertz CT molecular complexity index is 332. The van der Waals surface area contributed by atoms with Gasteiger partial charge in [0.2, 0.25) is 5.91 Å². The Labute approximate surface area is 133 Å². The Morgan fingerprint density at radius 3 is 2.43 bits per heavy atom. The molecule has 2 rings (SSSR count). The van der Waals surface area contributed by atoms with Gasteiger partial charge in [-0.3, -0.25) is 4.79 Å². The van der Waals surface area contributed by atoms with Crippen molar-refractivity contribution in [1.29, 1.82) is 0 Å². The van der Waals surface area contributed by atoms with Crippen molar-refractivity contribution < 1.29 is 9.53 Å². The second-order valence-electron chi connectivity index (χ2n) is 6.59. The van der Waals surface area contributed by atoms with E-state index < -0.39 is 0 Å². The molecule has 1 heterocycles. The molecule has 1 saturated carbocycles. The van der Waals surface area contributed by atoms with E-state index in [-0.39, 0.29) is 16.1 Å². The lowest BCUT2D eigenvalue weighted by Crippen LogP contribution is -2.53. The first kappa shape index (κ1) is 17.1. The van der Waals surface area contributed by atoms with E-state index in [1.807, 2.05) is 11.8 Å². The van der Waals surface area contributed by atoms with E-state index >= 15 is 0 Å². The Kier molecular flexibility index (Phi) is 6.38. The predicted octanol–water partition coefficient (Wildman–Crippen LogP) is 2.18. The smallest absolute Gasteiger partial charge is 0.228 e. The van der Waals surface area contributed by atoms with Crippen molar-refractivity contribution in [3.63, 3.8) is 0 Å². The van der Waals surface area contributed by atoms with Crippen LogP contribution in [0.1, 0.15) is 44.9 Å². The highest BCUT2D eigenvalue weighted by Crippen LogP contribution is 2.38. The SMILES string of the molecule is COCC1(C(=O)NCC2(SC)CCCCC2)CCNCC1. The standard InChI is InChI=1S/C16H30N2O2S/c1-20-13-15(8-10-17-11-9-15)14(19)18-12-16(21-2)6-4-3-5-7-16/h17H,3-13H2,1-2H3,(H,18,19). The maximum absolute atomic E-state index is 12.8. The van der Waals surface area contributed by atoms with Gasteiger partial charge in [-0.2, -0.15) is 11.8 Å². The van der Waals surface area contributed by atoms with Gasteiger partial charge in [0.25, 0.3) is 0 Å². The quantitative estimate of drug-likeness (QED) is 0.789. The van der Waals surface area contributed by atoms with Crippen LogP contribution in [0.5, 0.6) is 0 Å². The summed E-state index contributed by atoms with van der Waals surface area (Å²) < 4.78 is 5.61. The molecule has 0 aromatic carbocycles. The molecular formula is C16H30N2O2S. The molecule has 0 aromatic heterocycles. The summed E-state index contributed by atoms with van der Waals surface area (Å²) in [5, 5.41) is 6.61. The number of piperidine rings is 1. The maximum Gasteiger partial charge on any atom is 0.228 e. The zero-order valence-electron chi connectivity index (χ0n) is 13.5. The first-order valence-corrected chi connectivity index (χ1v) is 9.42. The molecule has 4 nitrogen and oxygen atoms in total. The summed E-state index contributed by atoms with van der Waals surface area (Å²) in [5.74, 6) is 0.199. The van der Waals surface area contributed by atoms with E-state index in [1.54, 1.807) is 7.11 Å². The largest absolute Gasteiger partial charge is 0.384 e. The van der Waals surface area contributed by atoms with Crippen LogP contribution in [0.15, 0.2) is 0 Å². The molecule has 0 radical (unpaired) electrons. The van der Waals surface area contributed by atoms with Crippen molar-refractivity contribution in [2.75, 3.05) is 39.6 Å². The summed E-state index contributed by atoms with van der Waals surface area (Å²) in [6, 6.07) is 0. The molecule has 1 aliphatic carbocycles. The van der Waals surface area contributed by atoms with E-state index in [0.717, 1.165) is 32.5 Å². The number of carbonyl (C=O) groups is 1. The van der Waals surface area contributed by atoms with Crippen molar-refractivity contribution in [3.8, 4) is 0 Å². The van der Waals surface area contributed by atoms with Crippen LogP contribution in [0.25, 0.3) is 0 Å². The van der Waals surface area contributed by atoms with Crippen LogP contribution in [0, 0.1) is 5.41 Å². The van der Waals surface area contributed by atoms with Crippen LogP contribution in [0.2, 0.25) is 0 Å². The normalized spacial score (nSPS) is 24.5. The minimum atomic E-state index is -0.325.